The minimum absolute atomic E-state index is 0.105. The first-order chi connectivity index (χ1) is 14.1. The van der Waals surface area contributed by atoms with Crippen molar-refractivity contribution in [1.82, 2.24) is 5.32 Å². The van der Waals surface area contributed by atoms with E-state index in [9.17, 15) is 13.2 Å². The smallest absolute Gasteiger partial charge is 0.241 e. The second-order valence-electron chi connectivity index (χ2n) is 7.38. The van der Waals surface area contributed by atoms with Crippen molar-refractivity contribution in [2.24, 2.45) is 0 Å². The molecule has 0 spiro atoms. The van der Waals surface area contributed by atoms with Crippen molar-refractivity contribution in [3.8, 4) is 11.5 Å². The van der Waals surface area contributed by atoms with Gasteiger partial charge in [-0.2, -0.15) is 0 Å². The van der Waals surface area contributed by atoms with Crippen LogP contribution in [0.15, 0.2) is 42.5 Å². The van der Waals surface area contributed by atoms with E-state index in [4.69, 9.17) is 9.47 Å². The van der Waals surface area contributed by atoms with Gasteiger partial charge in [-0.3, -0.25) is 9.10 Å². The number of nitrogens with zero attached hydrogens (tertiary/aromatic N) is 1. The third-order valence-electron chi connectivity index (χ3n) is 4.80. The second-order valence-corrected chi connectivity index (χ2v) is 9.29. The van der Waals surface area contributed by atoms with Crippen LogP contribution in [0.1, 0.15) is 43.9 Å². The van der Waals surface area contributed by atoms with Gasteiger partial charge in [0, 0.05) is 5.56 Å². The molecule has 2 aromatic rings. The molecule has 1 amide bonds. The fraction of sp³-hybridized carbons (Fsp3) is 0.409. The van der Waals surface area contributed by atoms with Crippen LogP contribution in [0.2, 0.25) is 0 Å². The first kappa shape index (κ1) is 23.5. The Morgan fingerprint density at radius 2 is 1.70 bits per heavy atom. The van der Waals surface area contributed by atoms with Gasteiger partial charge in [-0.05, 0) is 42.7 Å². The molecule has 0 fully saturated rings. The van der Waals surface area contributed by atoms with E-state index >= 15 is 0 Å². The number of carbonyl (C=O) groups is 1. The minimum atomic E-state index is -3.67. The molecule has 164 valence electrons. The Bertz CT molecular complexity index is 989. The third kappa shape index (κ3) is 5.66. The monoisotopic (exact) mass is 434 g/mol. The Morgan fingerprint density at radius 1 is 1.03 bits per heavy atom. The quantitative estimate of drug-likeness (QED) is 0.653. The van der Waals surface area contributed by atoms with Gasteiger partial charge in [-0.25, -0.2) is 8.42 Å². The van der Waals surface area contributed by atoms with E-state index in [2.05, 4.69) is 5.32 Å². The fourth-order valence-electron chi connectivity index (χ4n) is 3.26. The Hall–Kier alpha value is -2.74. The van der Waals surface area contributed by atoms with Gasteiger partial charge in [-0.15, -0.1) is 0 Å². The van der Waals surface area contributed by atoms with Gasteiger partial charge >= 0.3 is 0 Å². The lowest BCUT2D eigenvalue weighted by Crippen LogP contribution is -2.41. The number of methoxy groups -OCH3 is 2. The van der Waals surface area contributed by atoms with Crippen molar-refractivity contribution < 1.29 is 22.7 Å². The number of hydrogen-bond acceptors (Lipinski definition) is 5. The Kier molecular flexibility index (Phi) is 7.72. The molecular weight excluding hydrogens is 404 g/mol. The predicted octanol–water partition coefficient (Wildman–Crippen LogP) is 3.47. The van der Waals surface area contributed by atoms with E-state index in [1.807, 2.05) is 32.9 Å². The van der Waals surface area contributed by atoms with Crippen LogP contribution in [0.5, 0.6) is 11.5 Å². The molecule has 0 heterocycles. The number of benzene rings is 2. The molecule has 1 N–H and O–H groups in total. The minimum Gasteiger partial charge on any atom is -0.497 e. The molecule has 0 bridgehead atoms. The number of rotatable bonds is 9. The molecule has 0 aliphatic heterocycles. The lowest BCUT2D eigenvalue weighted by atomic mass is 10.0. The summed E-state index contributed by atoms with van der Waals surface area (Å²) in [6, 6.07) is 12.1. The molecular formula is C22H30N2O5S. The molecule has 1 atom stereocenters. The third-order valence-corrected chi connectivity index (χ3v) is 5.92. The zero-order valence-electron chi connectivity index (χ0n) is 18.3. The Balaban J connectivity index is 2.28. The predicted molar refractivity (Wildman–Crippen MR) is 119 cm³/mol. The average molecular weight is 435 g/mol. The van der Waals surface area contributed by atoms with Crippen molar-refractivity contribution in [3.05, 3.63) is 53.6 Å². The van der Waals surface area contributed by atoms with Crippen LogP contribution in [0.3, 0.4) is 0 Å². The van der Waals surface area contributed by atoms with Crippen LogP contribution in [-0.2, 0) is 14.8 Å². The van der Waals surface area contributed by atoms with E-state index < -0.39 is 22.0 Å². The van der Waals surface area contributed by atoms with Crippen LogP contribution < -0.4 is 19.1 Å². The first-order valence-electron chi connectivity index (χ1n) is 9.66. The summed E-state index contributed by atoms with van der Waals surface area (Å²) in [6.07, 6.45) is 1.10. The maximum atomic E-state index is 12.8. The van der Waals surface area contributed by atoms with Crippen molar-refractivity contribution >= 4 is 21.6 Å². The van der Waals surface area contributed by atoms with Gasteiger partial charge in [0.05, 0.1) is 32.2 Å². The highest BCUT2D eigenvalue weighted by molar-refractivity contribution is 7.92. The van der Waals surface area contributed by atoms with E-state index in [0.29, 0.717) is 17.2 Å². The van der Waals surface area contributed by atoms with Gasteiger partial charge < -0.3 is 14.8 Å². The number of para-hydroxylation sites is 1. The second kappa shape index (κ2) is 9.84. The van der Waals surface area contributed by atoms with Crippen LogP contribution in [0.25, 0.3) is 0 Å². The van der Waals surface area contributed by atoms with E-state index in [1.54, 1.807) is 44.6 Å². The molecule has 8 heteroatoms. The molecule has 0 unspecified atom stereocenters. The summed E-state index contributed by atoms with van der Waals surface area (Å²) in [4.78, 5) is 12.8. The number of nitrogens with one attached hydrogen (secondary N) is 1. The highest BCUT2D eigenvalue weighted by atomic mass is 32.2. The summed E-state index contributed by atoms with van der Waals surface area (Å²) in [5.41, 5.74) is 2.11. The molecule has 0 saturated carbocycles. The number of sulfonamides is 1. The number of carbonyl (C=O) groups excluding carboxylic acids is 1. The largest absolute Gasteiger partial charge is 0.497 e. The normalized spacial score (nSPS) is 12.4. The zero-order chi connectivity index (χ0) is 22.5. The molecule has 0 radical (unpaired) electrons. The van der Waals surface area contributed by atoms with Crippen LogP contribution in [0, 0.1) is 0 Å². The standard InChI is InChI=1S/C22H30N2O5S/c1-15(2)18-9-7-8-10-20(18)24(30(6,26)27)14-22(25)23-16(3)19-13-17(28-4)11-12-21(19)29-5/h7-13,15-16H,14H2,1-6H3,(H,23,25)/t16-/m1/s1. The topological polar surface area (TPSA) is 84.9 Å². The summed E-state index contributed by atoms with van der Waals surface area (Å²) in [5, 5.41) is 2.86. The Morgan fingerprint density at radius 3 is 2.27 bits per heavy atom. The van der Waals surface area contributed by atoms with Gasteiger partial charge in [0.25, 0.3) is 0 Å². The SMILES string of the molecule is COc1ccc(OC)c([C@@H](C)NC(=O)CN(c2ccccc2C(C)C)S(C)(=O)=O)c1. The van der Waals surface area contributed by atoms with E-state index in [0.717, 1.165) is 21.7 Å². The molecule has 0 aromatic heterocycles. The van der Waals surface area contributed by atoms with Gasteiger partial charge in [0.1, 0.15) is 18.0 Å². The highest BCUT2D eigenvalue weighted by Gasteiger charge is 2.25. The highest BCUT2D eigenvalue weighted by Crippen LogP contribution is 2.30. The molecule has 0 saturated heterocycles. The van der Waals surface area contributed by atoms with Crippen molar-refractivity contribution in [1.29, 1.82) is 0 Å². The van der Waals surface area contributed by atoms with Gasteiger partial charge in [0.15, 0.2) is 0 Å². The van der Waals surface area contributed by atoms with Crippen molar-refractivity contribution in [2.45, 2.75) is 32.7 Å². The first-order valence-corrected chi connectivity index (χ1v) is 11.5. The lowest BCUT2D eigenvalue weighted by Gasteiger charge is -2.26. The summed E-state index contributed by atoms with van der Waals surface area (Å²) in [6.45, 7) is 5.45. The van der Waals surface area contributed by atoms with Crippen LogP contribution in [-0.4, -0.2) is 41.3 Å². The van der Waals surface area contributed by atoms with Crippen molar-refractivity contribution in [3.63, 3.8) is 0 Å². The van der Waals surface area contributed by atoms with Crippen LogP contribution in [0.4, 0.5) is 5.69 Å². The maximum absolute atomic E-state index is 12.8. The number of ether oxygens (including phenoxy) is 2. The van der Waals surface area contributed by atoms with Crippen molar-refractivity contribution in [2.75, 3.05) is 31.3 Å². The number of hydrogen-bond donors (Lipinski definition) is 1. The van der Waals surface area contributed by atoms with Gasteiger partial charge in [-0.1, -0.05) is 32.0 Å². The summed E-state index contributed by atoms with van der Waals surface area (Å²) >= 11 is 0. The molecule has 30 heavy (non-hydrogen) atoms. The number of amides is 1. The summed E-state index contributed by atoms with van der Waals surface area (Å²) < 4.78 is 36.8. The molecule has 2 rings (SSSR count). The van der Waals surface area contributed by atoms with E-state index in [1.165, 1.54) is 0 Å². The lowest BCUT2D eigenvalue weighted by molar-refractivity contribution is -0.120. The average Bonchev–Trinajstić information content (AvgIpc) is 2.70. The fourth-order valence-corrected chi connectivity index (χ4v) is 4.13. The zero-order valence-corrected chi connectivity index (χ0v) is 19.1. The summed E-state index contributed by atoms with van der Waals surface area (Å²) in [7, 11) is -0.555. The maximum Gasteiger partial charge on any atom is 0.241 e. The molecule has 2 aromatic carbocycles. The van der Waals surface area contributed by atoms with Crippen LogP contribution >= 0.6 is 0 Å². The van der Waals surface area contributed by atoms with E-state index in [-0.39, 0.29) is 12.5 Å². The molecule has 7 nitrogen and oxygen atoms in total. The molecule has 0 aliphatic carbocycles. The molecule has 0 aliphatic rings. The summed E-state index contributed by atoms with van der Waals surface area (Å²) in [5.74, 6) is 0.925. The Labute approximate surface area is 179 Å². The van der Waals surface area contributed by atoms with Gasteiger partial charge in [0.2, 0.25) is 15.9 Å². The number of anilines is 1.